The minimum absolute atomic E-state index is 0.264. The topological polar surface area (TPSA) is 29.5 Å². The summed E-state index contributed by atoms with van der Waals surface area (Å²) in [4.78, 5) is 17.0. The average molecular weight is 281 g/mol. The lowest BCUT2D eigenvalue weighted by molar-refractivity contribution is 0.0758. The molecule has 1 aliphatic heterocycles. The minimum Gasteiger partial charge on any atom is -0.384 e. The van der Waals surface area contributed by atoms with Crippen LogP contribution in [0, 0.1) is 19.8 Å². The summed E-state index contributed by atoms with van der Waals surface area (Å²) < 4.78 is 5.23. The summed E-state index contributed by atoms with van der Waals surface area (Å²) in [5.74, 6) is 0.844. The smallest absolute Gasteiger partial charge is 0.177 e. The first-order valence-corrected chi connectivity index (χ1v) is 7.73. The van der Waals surface area contributed by atoms with E-state index >= 15 is 0 Å². The van der Waals surface area contributed by atoms with Gasteiger partial charge >= 0.3 is 0 Å². The fourth-order valence-corrected chi connectivity index (χ4v) is 3.81. The maximum atomic E-state index is 12.3. The molecule has 1 aliphatic rings. The number of likely N-dealkylation sites (tertiary alicyclic amines) is 1. The Bertz CT molecular complexity index is 439. The highest BCUT2D eigenvalue weighted by Crippen LogP contribution is 2.22. The molecule has 0 aliphatic carbocycles. The van der Waals surface area contributed by atoms with Crippen LogP contribution in [0.15, 0.2) is 6.07 Å². The summed E-state index contributed by atoms with van der Waals surface area (Å²) in [6, 6.07) is 2.03. The first-order valence-electron chi connectivity index (χ1n) is 6.91. The second-order valence-electron chi connectivity index (χ2n) is 5.45. The Kier molecular flexibility index (Phi) is 5.13. The standard InChI is InChI=1S/C15H23NO2S/c1-11-7-14(12(2)19-11)15(17)9-16-6-4-5-13(8-16)10-18-3/h7,13H,4-6,8-10H2,1-3H3. The van der Waals surface area contributed by atoms with Gasteiger partial charge in [-0.15, -0.1) is 11.3 Å². The molecule has 0 saturated carbocycles. The summed E-state index contributed by atoms with van der Waals surface area (Å²) in [5, 5.41) is 0. The predicted octanol–water partition coefficient (Wildman–Crippen LogP) is 2.91. The van der Waals surface area contributed by atoms with Crippen LogP contribution in [0.1, 0.15) is 33.0 Å². The third kappa shape index (κ3) is 3.88. The number of methoxy groups -OCH3 is 1. The maximum Gasteiger partial charge on any atom is 0.177 e. The predicted molar refractivity (Wildman–Crippen MR) is 79.2 cm³/mol. The maximum absolute atomic E-state index is 12.3. The molecule has 1 fully saturated rings. The van der Waals surface area contributed by atoms with Crippen molar-refractivity contribution >= 4 is 17.1 Å². The number of thiophene rings is 1. The van der Waals surface area contributed by atoms with Crippen molar-refractivity contribution in [2.45, 2.75) is 26.7 Å². The zero-order valence-corrected chi connectivity index (χ0v) is 12.9. The summed E-state index contributed by atoms with van der Waals surface area (Å²) in [6.07, 6.45) is 2.39. The number of nitrogens with zero attached hydrogens (tertiary/aromatic N) is 1. The fourth-order valence-electron chi connectivity index (χ4n) is 2.86. The van der Waals surface area contributed by atoms with E-state index in [0.717, 1.165) is 30.1 Å². The number of piperidine rings is 1. The van der Waals surface area contributed by atoms with E-state index in [9.17, 15) is 4.79 Å². The minimum atomic E-state index is 0.264. The first kappa shape index (κ1) is 14.7. The molecule has 1 aromatic heterocycles. The molecule has 0 aromatic carbocycles. The molecule has 1 unspecified atom stereocenters. The molecule has 2 rings (SSSR count). The molecule has 0 radical (unpaired) electrons. The molecule has 0 amide bonds. The Labute approximate surface area is 119 Å². The van der Waals surface area contributed by atoms with Crippen molar-refractivity contribution in [1.29, 1.82) is 0 Å². The highest BCUT2D eigenvalue weighted by atomic mass is 32.1. The average Bonchev–Trinajstić information content (AvgIpc) is 2.69. The molecule has 0 bridgehead atoms. The second kappa shape index (κ2) is 6.64. The van der Waals surface area contributed by atoms with E-state index in [4.69, 9.17) is 4.74 Å². The van der Waals surface area contributed by atoms with E-state index < -0.39 is 0 Å². The van der Waals surface area contributed by atoms with Gasteiger partial charge in [0.25, 0.3) is 0 Å². The summed E-state index contributed by atoms with van der Waals surface area (Å²) in [6.45, 7) is 7.48. The fraction of sp³-hybridized carbons (Fsp3) is 0.667. The molecule has 3 nitrogen and oxygen atoms in total. The Morgan fingerprint density at radius 1 is 1.53 bits per heavy atom. The number of ketones is 1. The van der Waals surface area contributed by atoms with E-state index in [-0.39, 0.29) is 5.78 Å². The molecule has 106 valence electrons. The summed E-state index contributed by atoms with van der Waals surface area (Å²) in [7, 11) is 1.75. The van der Waals surface area contributed by atoms with Gasteiger partial charge in [0.2, 0.25) is 0 Å². The second-order valence-corrected chi connectivity index (χ2v) is 6.91. The Hall–Kier alpha value is -0.710. The largest absolute Gasteiger partial charge is 0.384 e. The Balaban J connectivity index is 1.93. The van der Waals surface area contributed by atoms with Crippen molar-refractivity contribution in [3.05, 3.63) is 21.4 Å². The number of Topliss-reactive ketones (excluding diaryl/α,β-unsaturated/α-hetero) is 1. The van der Waals surface area contributed by atoms with Gasteiger partial charge in [-0.3, -0.25) is 9.69 Å². The lowest BCUT2D eigenvalue weighted by Crippen LogP contribution is -2.40. The SMILES string of the molecule is COCC1CCCN(CC(=O)c2cc(C)sc2C)C1. The quantitative estimate of drug-likeness (QED) is 0.777. The number of hydrogen-bond donors (Lipinski definition) is 0. The van der Waals surface area contributed by atoms with E-state index in [1.54, 1.807) is 18.4 Å². The van der Waals surface area contributed by atoms with Crippen molar-refractivity contribution in [1.82, 2.24) is 4.90 Å². The number of hydrogen-bond acceptors (Lipinski definition) is 4. The monoisotopic (exact) mass is 281 g/mol. The normalized spacial score (nSPS) is 20.7. The summed E-state index contributed by atoms with van der Waals surface area (Å²) in [5.41, 5.74) is 0.913. The summed E-state index contributed by atoms with van der Waals surface area (Å²) >= 11 is 1.71. The number of carbonyl (C=O) groups excluding carboxylic acids is 1. The highest BCUT2D eigenvalue weighted by molar-refractivity contribution is 7.12. The van der Waals surface area contributed by atoms with Crippen molar-refractivity contribution in [2.24, 2.45) is 5.92 Å². The van der Waals surface area contributed by atoms with Crippen LogP contribution in [-0.4, -0.2) is 44.0 Å². The number of carbonyl (C=O) groups is 1. The first-order chi connectivity index (χ1) is 9.10. The van der Waals surface area contributed by atoms with Crippen LogP contribution in [0.5, 0.6) is 0 Å². The van der Waals surface area contributed by atoms with Crippen LogP contribution in [0.25, 0.3) is 0 Å². The molecule has 0 N–H and O–H groups in total. The molecule has 1 aromatic rings. The van der Waals surface area contributed by atoms with Crippen LogP contribution >= 0.6 is 11.3 Å². The zero-order valence-electron chi connectivity index (χ0n) is 12.1. The number of aryl methyl sites for hydroxylation is 2. The van der Waals surface area contributed by atoms with E-state index in [1.165, 1.54) is 17.7 Å². The zero-order chi connectivity index (χ0) is 13.8. The Morgan fingerprint density at radius 3 is 2.95 bits per heavy atom. The molecule has 2 heterocycles. The van der Waals surface area contributed by atoms with Crippen LogP contribution in [0.2, 0.25) is 0 Å². The molecule has 0 spiro atoms. The van der Waals surface area contributed by atoms with Gasteiger partial charge in [0.15, 0.2) is 5.78 Å². The van der Waals surface area contributed by atoms with Gasteiger partial charge in [0.05, 0.1) is 13.2 Å². The molecular weight excluding hydrogens is 258 g/mol. The molecule has 19 heavy (non-hydrogen) atoms. The lowest BCUT2D eigenvalue weighted by atomic mass is 9.98. The number of rotatable bonds is 5. The molecular formula is C15H23NO2S. The molecule has 4 heteroatoms. The third-order valence-corrected chi connectivity index (χ3v) is 4.68. The van der Waals surface area contributed by atoms with Crippen molar-refractivity contribution in [2.75, 3.05) is 33.4 Å². The van der Waals surface area contributed by atoms with Gasteiger partial charge in [-0.2, -0.15) is 0 Å². The molecule has 1 saturated heterocycles. The van der Waals surface area contributed by atoms with Gasteiger partial charge in [0, 0.05) is 29.0 Å². The van der Waals surface area contributed by atoms with Crippen LogP contribution < -0.4 is 0 Å². The van der Waals surface area contributed by atoms with E-state index in [1.807, 2.05) is 13.0 Å². The van der Waals surface area contributed by atoms with Crippen molar-refractivity contribution in [3.63, 3.8) is 0 Å². The van der Waals surface area contributed by atoms with Crippen molar-refractivity contribution in [3.8, 4) is 0 Å². The van der Waals surface area contributed by atoms with Crippen molar-refractivity contribution < 1.29 is 9.53 Å². The van der Waals surface area contributed by atoms with Gasteiger partial charge < -0.3 is 4.74 Å². The lowest BCUT2D eigenvalue weighted by Gasteiger charge is -2.31. The third-order valence-electron chi connectivity index (χ3n) is 3.71. The van der Waals surface area contributed by atoms with E-state index in [0.29, 0.717) is 12.5 Å². The van der Waals surface area contributed by atoms with Crippen LogP contribution in [0.3, 0.4) is 0 Å². The van der Waals surface area contributed by atoms with Gasteiger partial charge in [-0.05, 0) is 45.2 Å². The number of ether oxygens (including phenoxy) is 1. The van der Waals surface area contributed by atoms with E-state index in [2.05, 4.69) is 11.8 Å². The molecule has 1 atom stereocenters. The van der Waals surface area contributed by atoms with Gasteiger partial charge in [-0.25, -0.2) is 0 Å². The van der Waals surface area contributed by atoms with Gasteiger partial charge in [0.1, 0.15) is 0 Å². The van der Waals surface area contributed by atoms with Crippen LogP contribution in [-0.2, 0) is 4.74 Å². The van der Waals surface area contributed by atoms with Crippen LogP contribution in [0.4, 0.5) is 0 Å². The highest BCUT2D eigenvalue weighted by Gasteiger charge is 2.22. The van der Waals surface area contributed by atoms with Gasteiger partial charge in [-0.1, -0.05) is 0 Å². The Morgan fingerprint density at radius 2 is 2.32 bits per heavy atom.